The largest absolute Gasteiger partial charge is 0.477 e. The van der Waals surface area contributed by atoms with Crippen LogP contribution < -0.4 is 0 Å². The van der Waals surface area contributed by atoms with Crippen molar-refractivity contribution in [3.63, 3.8) is 0 Å². The van der Waals surface area contributed by atoms with Gasteiger partial charge in [-0.3, -0.25) is 0 Å². The van der Waals surface area contributed by atoms with Crippen LogP contribution in [0.5, 0.6) is 0 Å². The predicted molar refractivity (Wildman–Crippen MR) is 75.0 cm³/mol. The monoisotopic (exact) mass is 283 g/mol. The van der Waals surface area contributed by atoms with Gasteiger partial charge in [-0.05, 0) is 11.6 Å². The molecule has 0 amide bonds. The third-order valence-corrected chi connectivity index (χ3v) is 3.13. The van der Waals surface area contributed by atoms with E-state index in [1.54, 1.807) is 23.8 Å². The van der Waals surface area contributed by atoms with Gasteiger partial charge < -0.3 is 14.2 Å². The number of aromatic carboxylic acids is 1. The molecule has 1 N–H and O–H groups in total. The fourth-order valence-electron chi connectivity index (χ4n) is 2.21. The van der Waals surface area contributed by atoms with Crippen molar-refractivity contribution in [1.29, 1.82) is 0 Å². The molecule has 21 heavy (non-hydrogen) atoms. The summed E-state index contributed by atoms with van der Waals surface area (Å²) >= 11 is 0. The van der Waals surface area contributed by atoms with Crippen LogP contribution in [0, 0.1) is 6.92 Å². The average molecular weight is 283 g/mol. The molecule has 0 saturated carbocycles. The van der Waals surface area contributed by atoms with Crippen LogP contribution in [0.2, 0.25) is 0 Å². The second-order valence-corrected chi connectivity index (χ2v) is 4.63. The molecule has 0 radical (unpaired) electrons. The first-order valence-corrected chi connectivity index (χ1v) is 6.42. The van der Waals surface area contributed by atoms with Crippen molar-refractivity contribution in [2.24, 2.45) is 0 Å². The second kappa shape index (κ2) is 5.24. The van der Waals surface area contributed by atoms with Crippen LogP contribution >= 0.6 is 0 Å². The quantitative estimate of drug-likeness (QED) is 0.796. The molecule has 2 heterocycles. The molecule has 106 valence electrons. The number of aromatic nitrogens is 3. The van der Waals surface area contributed by atoms with Crippen LogP contribution in [0.1, 0.15) is 21.9 Å². The van der Waals surface area contributed by atoms with Gasteiger partial charge in [0.25, 0.3) is 0 Å². The average Bonchev–Trinajstić information content (AvgIpc) is 3.06. The maximum absolute atomic E-state index is 11.6. The molecule has 2 aromatic heterocycles. The third-order valence-electron chi connectivity index (χ3n) is 3.13. The van der Waals surface area contributed by atoms with E-state index in [2.05, 4.69) is 10.1 Å². The zero-order valence-electron chi connectivity index (χ0n) is 11.4. The lowest BCUT2D eigenvalue weighted by Crippen LogP contribution is -2.10. The summed E-state index contributed by atoms with van der Waals surface area (Å²) < 4.78 is 6.58. The molecule has 0 fully saturated rings. The maximum atomic E-state index is 11.6. The van der Waals surface area contributed by atoms with Crippen molar-refractivity contribution < 1.29 is 14.4 Å². The maximum Gasteiger partial charge on any atom is 0.353 e. The number of carboxylic acids is 1. The summed E-state index contributed by atoms with van der Waals surface area (Å²) in [6, 6.07) is 11.3. The zero-order chi connectivity index (χ0) is 14.8. The smallest absolute Gasteiger partial charge is 0.353 e. The molecule has 0 aliphatic carbocycles. The van der Waals surface area contributed by atoms with E-state index in [0.717, 1.165) is 5.56 Å². The topological polar surface area (TPSA) is 81.2 Å². The molecular weight excluding hydrogens is 270 g/mol. The van der Waals surface area contributed by atoms with Gasteiger partial charge >= 0.3 is 5.97 Å². The minimum atomic E-state index is -1.02. The Labute approximate surface area is 120 Å². The summed E-state index contributed by atoms with van der Waals surface area (Å²) in [5.41, 5.74) is 1.63. The number of aryl methyl sites for hydroxylation is 1. The van der Waals surface area contributed by atoms with Gasteiger partial charge in [0.2, 0.25) is 11.7 Å². The lowest BCUT2D eigenvalue weighted by molar-refractivity contribution is 0.0686. The molecular formula is C15H13N3O3. The van der Waals surface area contributed by atoms with Crippen LogP contribution in [0.15, 0.2) is 47.1 Å². The fraction of sp³-hybridized carbons (Fsp3) is 0.133. The summed E-state index contributed by atoms with van der Waals surface area (Å²) in [7, 11) is 0. The van der Waals surface area contributed by atoms with Crippen molar-refractivity contribution in [2.75, 3.05) is 0 Å². The summed E-state index contributed by atoms with van der Waals surface area (Å²) in [5.74, 6) is -0.331. The van der Waals surface area contributed by atoms with Crippen molar-refractivity contribution in [1.82, 2.24) is 14.7 Å². The minimum absolute atomic E-state index is 0.152. The van der Waals surface area contributed by atoms with Gasteiger partial charge in [-0.1, -0.05) is 35.5 Å². The van der Waals surface area contributed by atoms with Crippen LogP contribution in [0.3, 0.4) is 0 Å². The van der Waals surface area contributed by atoms with Gasteiger partial charge in [0.15, 0.2) is 0 Å². The minimum Gasteiger partial charge on any atom is -0.477 e. The van der Waals surface area contributed by atoms with Gasteiger partial charge in [0, 0.05) is 19.7 Å². The molecule has 3 aromatic rings. The van der Waals surface area contributed by atoms with Crippen molar-refractivity contribution in [2.45, 2.75) is 13.5 Å². The molecule has 3 rings (SSSR count). The molecule has 0 aliphatic rings. The van der Waals surface area contributed by atoms with Crippen LogP contribution in [-0.4, -0.2) is 25.8 Å². The normalized spacial score (nSPS) is 10.7. The van der Waals surface area contributed by atoms with Gasteiger partial charge in [0.1, 0.15) is 5.69 Å². The van der Waals surface area contributed by atoms with E-state index in [1.807, 2.05) is 30.3 Å². The molecule has 0 bridgehead atoms. The van der Waals surface area contributed by atoms with E-state index < -0.39 is 5.97 Å². The standard InChI is InChI=1S/C15H13N3O3/c1-10-16-14(17-21-10)12-7-8-18(13(12)15(19)20)9-11-5-3-2-4-6-11/h2-8H,9H2,1H3,(H,19,20). The van der Waals surface area contributed by atoms with E-state index in [-0.39, 0.29) is 11.5 Å². The lowest BCUT2D eigenvalue weighted by atomic mass is 10.2. The van der Waals surface area contributed by atoms with E-state index in [0.29, 0.717) is 18.0 Å². The van der Waals surface area contributed by atoms with Crippen LogP contribution in [-0.2, 0) is 6.54 Å². The molecule has 0 aliphatic heterocycles. The van der Waals surface area contributed by atoms with Gasteiger partial charge in [-0.2, -0.15) is 4.98 Å². The van der Waals surface area contributed by atoms with E-state index in [4.69, 9.17) is 4.52 Å². The highest BCUT2D eigenvalue weighted by molar-refractivity contribution is 5.93. The highest BCUT2D eigenvalue weighted by Crippen LogP contribution is 2.23. The Hall–Kier alpha value is -2.89. The third kappa shape index (κ3) is 2.55. The number of carboxylic acid groups (broad SMARTS) is 1. The zero-order valence-corrected chi connectivity index (χ0v) is 11.4. The first kappa shape index (κ1) is 13.1. The highest BCUT2D eigenvalue weighted by atomic mass is 16.5. The number of benzene rings is 1. The van der Waals surface area contributed by atoms with Crippen molar-refractivity contribution in [3.05, 3.63) is 59.7 Å². The summed E-state index contributed by atoms with van der Waals surface area (Å²) in [6.07, 6.45) is 1.72. The number of nitrogens with zero attached hydrogens (tertiary/aromatic N) is 3. The Balaban J connectivity index is 2.02. The van der Waals surface area contributed by atoms with Crippen LogP contribution in [0.25, 0.3) is 11.4 Å². The Morgan fingerprint density at radius 1 is 1.29 bits per heavy atom. The number of hydrogen-bond acceptors (Lipinski definition) is 4. The van der Waals surface area contributed by atoms with E-state index >= 15 is 0 Å². The molecule has 0 atom stereocenters. The first-order valence-electron chi connectivity index (χ1n) is 6.42. The molecule has 6 heteroatoms. The van der Waals surface area contributed by atoms with Gasteiger partial charge in [-0.15, -0.1) is 0 Å². The van der Waals surface area contributed by atoms with Crippen molar-refractivity contribution in [3.8, 4) is 11.4 Å². The van der Waals surface area contributed by atoms with Gasteiger partial charge in [0.05, 0.1) is 5.56 Å². The highest BCUT2D eigenvalue weighted by Gasteiger charge is 2.20. The van der Waals surface area contributed by atoms with Crippen molar-refractivity contribution >= 4 is 5.97 Å². The summed E-state index contributed by atoms with van der Waals surface area (Å²) in [5, 5.41) is 13.3. The molecule has 0 spiro atoms. The summed E-state index contributed by atoms with van der Waals surface area (Å²) in [6.45, 7) is 2.14. The Morgan fingerprint density at radius 3 is 2.67 bits per heavy atom. The molecule has 1 aromatic carbocycles. The predicted octanol–water partition coefficient (Wildman–Crippen LogP) is 2.59. The van der Waals surface area contributed by atoms with Crippen LogP contribution in [0.4, 0.5) is 0 Å². The molecule has 6 nitrogen and oxygen atoms in total. The molecule has 0 unspecified atom stereocenters. The lowest BCUT2D eigenvalue weighted by Gasteiger charge is -2.07. The van der Waals surface area contributed by atoms with E-state index in [1.165, 1.54) is 0 Å². The Kier molecular flexibility index (Phi) is 3.27. The number of hydrogen-bond donors (Lipinski definition) is 1. The molecule has 0 saturated heterocycles. The fourth-order valence-corrected chi connectivity index (χ4v) is 2.21. The number of carbonyl (C=O) groups is 1. The Morgan fingerprint density at radius 2 is 2.05 bits per heavy atom. The number of rotatable bonds is 4. The van der Waals surface area contributed by atoms with Gasteiger partial charge in [-0.25, -0.2) is 4.79 Å². The Bertz CT molecular complexity index is 775. The van der Waals surface area contributed by atoms with E-state index in [9.17, 15) is 9.90 Å². The first-order chi connectivity index (χ1) is 10.1. The second-order valence-electron chi connectivity index (χ2n) is 4.63. The summed E-state index contributed by atoms with van der Waals surface area (Å²) in [4.78, 5) is 15.7. The SMILES string of the molecule is Cc1nc(-c2ccn(Cc3ccccc3)c2C(=O)O)no1.